The molecule has 0 aliphatic heterocycles. The Morgan fingerprint density at radius 1 is 1.05 bits per heavy atom. The number of hydrogen-bond acceptors (Lipinski definition) is 8. The van der Waals surface area contributed by atoms with Gasteiger partial charge in [-0.2, -0.15) is 4.98 Å². The molecule has 0 unspecified atom stereocenters. The molecule has 2 N–H and O–H groups in total. The number of aryl methyl sites for hydroxylation is 2. The molecule has 0 saturated carbocycles. The van der Waals surface area contributed by atoms with E-state index in [0.29, 0.717) is 39.9 Å². The number of pyridine rings is 2. The number of rotatable bonds is 6. The van der Waals surface area contributed by atoms with Crippen molar-refractivity contribution in [2.75, 3.05) is 5.32 Å². The molecule has 0 spiro atoms. The van der Waals surface area contributed by atoms with E-state index in [0.717, 1.165) is 16.7 Å². The molecule has 0 saturated heterocycles. The van der Waals surface area contributed by atoms with Gasteiger partial charge in [0.1, 0.15) is 10.8 Å². The fourth-order valence-electron chi connectivity index (χ4n) is 4.31. The first-order chi connectivity index (χ1) is 18.1. The summed E-state index contributed by atoms with van der Waals surface area (Å²) >= 11 is 5.90. The molecule has 0 bridgehead atoms. The zero-order valence-corrected chi connectivity index (χ0v) is 21.7. The highest BCUT2D eigenvalue weighted by molar-refractivity contribution is 6.29. The molecule has 4 aromatic heterocycles. The molecule has 11 heteroatoms. The molecule has 0 radical (unpaired) electrons. The van der Waals surface area contributed by atoms with Gasteiger partial charge in [-0.05, 0) is 63.6 Å². The van der Waals surface area contributed by atoms with Crippen LogP contribution in [0.15, 0.2) is 58.0 Å². The van der Waals surface area contributed by atoms with Gasteiger partial charge in [-0.1, -0.05) is 28.9 Å². The number of aromatic carboxylic acids is 1. The van der Waals surface area contributed by atoms with Crippen LogP contribution in [0.25, 0.3) is 28.4 Å². The average molecular weight is 531 g/mol. The van der Waals surface area contributed by atoms with Crippen molar-refractivity contribution in [3.8, 4) is 22.7 Å². The standard InChI is InChI=1S/C27H23ClN6O4/c1-13-11-19(15(3)29-20-9-10-21(28)31-23(20)27(36)37)24-32-22(14(2)26(35)34(24)12-13)17-5-7-18(8-6-17)25-30-16(4)33-38-25/h5-12,15,29H,1-4H3,(H,36,37)/t15-/m1/s1. The van der Waals surface area contributed by atoms with Crippen LogP contribution in [0.5, 0.6) is 0 Å². The molecule has 0 aliphatic rings. The van der Waals surface area contributed by atoms with Gasteiger partial charge >= 0.3 is 5.97 Å². The predicted molar refractivity (Wildman–Crippen MR) is 143 cm³/mol. The van der Waals surface area contributed by atoms with Crippen molar-refractivity contribution >= 4 is 28.9 Å². The molecule has 192 valence electrons. The molecule has 38 heavy (non-hydrogen) atoms. The molecule has 5 aromatic rings. The highest BCUT2D eigenvalue weighted by Crippen LogP contribution is 2.29. The Morgan fingerprint density at radius 2 is 1.76 bits per heavy atom. The summed E-state index contributed by atoms with van der Waals surface area (Å²) < 4.78 is 6.77. The maximum absolute atomic E-state index is 13.4. The van der Waals surface area contributed by atoms with Crippen LogP contribution < -0.4 is 10.9 Å². The van der Waals surface area contributed by atoms with Crippen molar-refractivity contribution in [1.29, 1.82) is 0 Å². The number of aromatic nitrogens is 5. The monoisotopic (exact) mass is 530 g/mol. The van der Waals surface area contributed by atoms with Crippen LogP contribution in [0.3, 0.4) is 0 Å². The lowest BCUT2D eigenvalue weighted by molar-refractivity contribution is 0.0691. The maximum Gasteiger partial charge on any atom is 0.356 e. The molecule has 1 aromatic carbocycles. The highest BCUT2D eigenvalue weighted by atomic mass is 35.5. The number of anilines is 1. The van der Waals surface area contributed by atoms with E-state index in [2.05, 4.69) is 20.4 Å². The lowest BCUT2D eigenvalue weighted by Gasteiger charge is -2.20. The second-order valence-corrected chi connectivity index (χ2v) is 9.37. The number of hydrogen-bond donors (Lipinski definition) is 2. The van der Waals surface area contributed by atoms with E-state index in [4.69, 9.17) is 21.1 Å². The van der Waals surface area contributed by atoms with Crippen molar-refractivity contribution in [3.05, 3.63) is 92.4 Å². The number of nitrogens with zero attached hydrogens (tertiary/aromatic N) is 5. The second kappa shape index (κ2) is 9.71. The second-order valence-electron chi connectivity index (χ2n) is 8.98. The zero-order valence-electron chi connectivity index (χ0n) is 21.0. The first-order valence-corrected chi connectivity index (χ1v) is 12.1. The first kappa shape index (κ1) is 25.1. The number of benzene rings is 1. The number of halogens is 1. The van der Waals surface area contributed by atoms with Gasteiger partial charge in [0, 0.05) is 28.5 Å². The number of carboxylic acid groups (broad SMARTS) is 1. The molecule has 0 fully saturated rings. The molecule has 0 amide bonds. The molecular weight excluding hydrogens is 508 g/mol. The minimum absolute atomic E-state index is 0.0789. The summed E-state index contributed by atoms with van der Waals surface area (Å²) in [5.41, 5.74) is 4.48. The molecule has 1 atom stereocenters. The summed E-state index contributed by atoms with van der Waals surface area (Å²) in [6.45, 7) is 7.24. The topological polar surface area (TPSA) is 136 Å². The summed E-state index contributed by atoms with van der Waals surface area (Å²) in [5.74, 6) is -0.255. The van der Waals surface area contributed by atoms with Crippen LogP contribution in [-0.4, -0.2) is 35.6 Å². The Balaban J connectivity index is 1.60. The van der Waals surface area contributed by atoms with Crippen LogP contribution in [-0.2, 0) is 0 Å². The van der Waals surface area contributed by atoms with Crippen LogP contribution in [0.4, 0.5) is 5.69 Å². The Hall–Kier alpha value is -4.57. The van der Waals surface area contributed by atoms with E-state index in [1.165, 1.54) is 10.5 Å². The fourth-order valence-corrected chi connectivity index (χ4v) is 4.45. The smallest absolute Gasteiger partial charge is 0.356 e. The lowest BCUT2D eigenvalue weighted by atomic mass is 10.0. The Morgan fingerprint density at radius 3 is 2.42 bits per heavy atom. The van der Waals surface area contributed by atoms with E-state index >= 15 is 0 Å². The van der Waals surface area contributed by atoms with Gasteiger partial charge < -0.3 is 14.9 Å². The summed E-state index contributed by atoms with van der Waals surface area (Å²) in [6, 6.07) is 12.0. The van der Waals surface area contributed by atoms with Crippen molar-refractivity contribution in [1.82, 2.24) is 24.5 Å². The SMILES string of the molecule is Cc1cc([C@@H](C)Nc2ccc(Cl)nc2C(=O)O)c2nc(-c3ccc(-c4nc(C)no4)cc3)c(C)c(=O)n2c1. The lowest BCUT2D eigenvalue weighted by Crippen LogP contribution is -2.22. The van der Waals surface area contributed by atoms with E-state index in [1.54, 1.807) is 26.1 Å². The average Bonchev–Trinajstić information content (AvgIpc) is 3.33. The Labute approximate surface area is 222 Å². The van der Waals surface area contributed by atoms with Crippen LogP contribution >= 0.6 is 11.6 Å². The van der Waals surface area contributed by atoms with E-state index < -0.39 is 12.0 Å². The molecule has 0 aliphatic carbocycles. The molecule has 5 rings (SSSR count). The quantitative estimate of drug-likeness (QED) is 0.282. The van der Waals surface area contributed by atoms with Crippen LogP contribution in [0.2, 0.25) is 5.15 Å². The number of nitrogens with one attached hydrogen (secondary N) is 1. The van der Waals surface area contributed by atoms with Gasteiger partial charge in [0.05, 0.1) is 17.4 Å². The highest BCUT2D eigenvalue weighted by Gasteiger charge is 2.20. The zero-order chi connectivity index (χ0) is 27.1. The minimum atomic E-state index is -1.21. The van der Waals surface area contributed by atoms with Crippen LogP contribution in [0.1, 0.15) is 46.0 Å². The first-order valence-electron chi connectivity index (χ1n) is 11.7. The third-order valence-electron chi connectivity index (χ3n) is 6.15. The van der Waals surface area contributed by atoms with Crippen molar-refractivity contribution in [3.63, 3.8) is 0 Å². The van der Waals surface area contributed by atoms with Gasteiger partial charge in [0.2, 0.25) is 0 Å². The van der Waals surface area contributed by atoms with E-state index in [9.17, 15) is 14.7 Å². The summed E-state index contributed by atoms with van der Waals surface area (Å²) in [6.07, 6.45) is 1.74. The van der Waals surface area contributed by atoms with E-state index in [1.807, 2.05) is 44.2 Å². The van der Waals surface area contributed by atoms with Gasteiger partial charge in [-0.25, -0.2) is 14.8 Å². The van der Waals surface area contributed by atoms with E-state index in [-0.39, 0.29) is 16.4 Å². The van der Waals surface area contributed by atoms with Crippen molar-refractivity contribution in [2.45, 2.75) is 33.7 Å². The predicted octanol–water partition coefficient (Wildman–Crippen LogP) is 5.26. The Bertz CT molecular complexity index is 1760. The largest absolute Gasteiger partial charge is 0.476 e. The fraction of sp³-hybridized carbons (Fsp3) is 0.185. The van der Waals surface area contributed by atoms with Gasteiger partial charge in [0.15, 0.2) is 11.5 Å². The van der Waals surface area contributed by atoms with Crippen LogP contribution in [0, 0.1) is 20.8 Å². The third-order valence-corrected chi connectivity index (χ3v) is 6.36. The number of carboxylic acids is 1. The summed E-state index contributed by atoms with van der Waals surface area (Å²) in [7, 11) is 0. The van der Waals surface area contributed by atoms with Crippen molar-refractivity contribution < 1.29 is 14.4 Å². The number of carbonyl (C=O) groups is 1. The summed E-state index contributed by atoms with van der Waals surface area (Å²) in [4.78, 5) is 38.3. The summed E-state index contributed by atoms with van der Waals surface area (Å²) in [5, 5.41) is 16.7. The van der Waals surface area contributed by atoms with Gasteiger partial charge in [-0.3, -0.25) is 9.20 Å². The minimum Gasteiger partial charge on any atom is -0.476 e. The Kier molecular flexibility index (Phi) is 6.41. The number of fused-ring (bicyclic) bond motifs is 1. The van der Waals surface area contributed by atoms with Gasteiger partial charge in [-0.15, -0.1) is 0 Å². The maximum atomic E-state index is 13.4. The molecule has 10 nitrogen and oxygen atoms in total. The normalized spacial score (nSPS) is 12.0. The molecular formula is C27H23ClN6O4. The van der Waals surface area contributed by atoms with Crippen molar-refractivity contribution in [2.24, 2.45) is 0 Å². The molecule has 4 heterocycles. The third kappa shape index (κ3) is 4.61. The van der Waals surface area contributed by atoms with Gasteiger partial charge in [0.25, 0.3) is 11.4 Å².